The fraction of sp³-hybridized carbons (Fsp3) is 0.400. The summed E-state index contributed by atoms with van der Waals surface area (Å²) in [6, 6.07) is 13.2. The van der Waals surface area contributed by atoms with Crippen LogP contribution in [0.4, 0.5) is 0 Å². The lowest BCUT2D eigenvalue weighted by Crippen LogP contribution is -2.24. The van der Waals surface area contributed by atoms with Crippen molar-refractivity contribution in [1.82, 2.24) is 0 Å². The zero-order chi connectivity index (χ0) is 14.3. The van der Waals surface area contributed by atoms with Crippen LogP contribution in [-0.2, 0) is 16.1 Å². The van der Waals surface area contributed by atoms with Crippen molar-refractivity contribution in [3.05, 3.63) is 35.9 Å². The summed E-state index contributed by atoms with van der Waals surface area (Å²) in [6.07, 6.45) is 0.0600. The molecule has 0 saturated heterocycles. The molecule has 1 aromatic carbocycles. The summed E-state index contributed by atoms with van der Waals surface area (Å²) >= 11 is 0. The molecule has 19 heavy (non-hydrogen) atoms. The van der Waals surface area contributed by atoms with Crippen LogP contribution in [0, 0.1) is 34.0 Å². The summed E-state index contributed by atoms with van der Waals surface area (Å²) < 4.78 is 5.13. The minimum atomic E-state index is -1.16. The van der Waals surface area contributed by atoms with Crippen LogP contribution in [0.5, 0.6) is 0 Å². The second-order valence-electron chi connectivity index (χ2n) is 4.68. The van der Waals surface area contributed by atoms with E-state index in [9.17, 15) is 4.79 Å². The van der Waals surface area contributed by atoms with Gasteiger partial charge in [0.2, 0.25) is 0 Å². The van der Waals surface area contributed by atoms with E-state index in [0.29, 0.717) is 0 Å². The number of carbonyl (C=O) groups is 1. The Balaban J connectivity index is 2.49. The summed E-state index contributed by atoms with van der Waals surface area (Å²) in [7, 11) is 0. The van der Waals surface area contributed by atoms with Gasteiger partial charge in [-0.3, -0.25) is 4.79 Å². The van der Waals surface area contributed by atoms with Gasteiger partial charge >= 0.3 is 5.97 Å². The quantitative estimate of drug-likeness (QED) is 0.759. The maximum Gasteiger partial charge on any atom is 0.306 e. The van der Waals surface area contributed by atoms with Crippen molar-refractivity contribution < 1.29 is 9.53 Å². The molecule has 0 aliphatic carbocycles. The summed E-state index contributed by atoms with van der Waals surface area (Å²) in [6.45, 7) is 3.45. The summed E-state index contributed by atoms with van der Waals surface area (Å²) in [4.78, 5) is 11.7. The molecule has 0 aliphatic rings. The van der Waals surface area contributed by atoms with Crippen molar-refractivity contribution in [2.75, 3.05) is 0 Å². The molecule has 0 radical (unpaired) electrons. The molecule has 1 atom stereocenters. The Hall–Kier alpha value is -2.33. The van der Waals surface area contributed by atoms with Crippen molar-refractivity contribution in [1.29, 1.82) is 10.5 Å². The van der Waals surface area contributed by atoms with Gasteiger partial charge in [-0.2, -0.15) is 10.5 Å². The molecule has 4 heteroatoms. The first-order valence-corrected chi connectivity index (χ1v) is 6.04. The van der Waals surface area contributed by atoms with Crippen LogP contribution < -0.4 is 0 Å². The van der Waals surface area contributed by atoms with Crippen molar-refractivity contribution in [3.8, 4) is 12.1 Å². The van der Waals surface area contributed by atoms with E-state index in [1.54, 1.807) is 6.92 Å². The predicted molar refractivity (Wildman–Crippen MR) is 69.4 cm³/mol. The topological polar surface area (TPSA) is 73.9 Å². The normalized spacial score (nSPS) is 12.0. The lowest BCUT2D eigenvalue weighted by molar-refractivity contribution is -0.146. The lowest BCUT2D eigenvalue weighted by atomic mass is 9.79. The Kier molecular flexibility index (Phi) is 5.09. The Bertz CT molecular complexity index is 497. The van der Waals surface area contributed by atoms with E-state index >= 15 is 0 Å². The highest BCUT2D eigenvalue weighted by atomic mass is 16.5. The molecule has 0 fully saturated rings. The Morgan fingerprint density at radius 2 is 1.89 bits per heavy atom. The number of hydrogen-bond acceptors (Lipinski definition) is 4. The number of nitriles is 2. The molecule has 1 rings (SSSR count). The third-order valence-electron chi connectivity index (χ3n) is 3.17. The van der Waals surface area contributed by atoms with Gasteiger partial charge < -0.3 is 4.74 Å². The molecule has 0 N–H and O–H groups in total. The number of nitrogens with zero attached hydrogens (tertiary/aromatic N) is 2. The van der Waals surface area contributed by atoms with Gasteiger partial charge in [0, 0.05) is 0 Å². The highest BCUT2D eigenvalue weighted by Gasteiger charge is 2.33. The monoisotopic (exact) mass is 256 g/mol. The Morgan fingerprint density at radius 3 is 2.42 bits per heavy atom. The zero-order valence-electron chi connectivity index (χ0n) is 11.1. The fourth-order valence-corrected chi connectivity index (χ4v) is 1.50. The number of rotatable bonds is 5. The SMILES string of the molecule is C[C@@H](CC(=O)OCc1ccccc1)C(C)(C#N)C#N. The first kappa shape index (κ1) is 14.7. The van der Waals surface area contributed by atoms with Gasteiger partial charge in [0.1, 0.15) is 12.0 Å². The van der Waals surface area contributed by atoms with Gasteiger partial charge in [-0.15, -0.1) is 0 Å². The molecule has 0 bridgehead atoms. The summed E-state index contributed by atoms with van der Waals surface area (Å²) in [5, 5.41) is 17.9. The van der Waals surface area contributed by atoms with E-state index in [4.69, 9.17) is 15.3 Å². The number of carbonyl (C=O) groups excluding carboxylic acids is 1. The second kappa shape index (κ2) is 6.56. The molecule has 0 saturated carbocycles. The Labute approximate surface area is 113 Å². The minimum absolute atomic E-state index is 0.0600. The average Bonchev–Trinajstić information content (AvgIpc) is 2.45. The van der Waals surface area contributed by atoms with Gasteiger partial charge in [0.05, 0.1) is 18.6 Å². The van der Waals surface area contributed by atoms with Gasteiger partial charge in [-0.05, 0) is 18.4 Å². The molecule has 0 aromatic heterocycles. The van der Waals surface area contributed by atoms with E-state index < -0.39 is 11.4 Å². The van der Waals surface area contributed by atoms with Crippen LogP contribution in [0.25, 0.3) is 0 Å². The second-order valence-corrected chi connectivity index (χ2v) is 4.68. The number of benzene rings is 1. The molecule has 98 valence electrons. The lowest BCUT2D eigenvalue weighted by Gasteiger charge is -2.20. The van der Waals surface area contributed by atoms with Crippen LogP contribution in [0.1, 0.15) is 25.8 Å². The van der Waals surface area contributed by atoms with Gasteiger partial charge in [-0.25, -0.2) is 0 Å². The third-order valence-corrected chi connectivity index (χ3v) is 3.17. The minimum Gasteiger partial charge on any atom is -0.461 e. The smallest absolute Gasteiger partial charge is 0.306 e. The maximum absolute atomic E-state index is 11.7. The molecule has 0 spiro atoms. The molecule has 1 aromatic rings. The highest BCUT2D eigenvalue weighted by Crippen LogP contribution is 2.28. The predicted octanol–water partition coefficient (Wildman–Crippen LogP) is 2.81. The van der Waals surface area contributed by atoms with E-state index in [0.717, 1.165) is 5.56 Å². The third kappa shape index (κ3) is 4.12. The van der Waals surface area contributed by atoms with Crippen LogP contribution in [0.3, 0.4) is 0 Å². The largest absolute Gasteiger partial charge is 0.461 e. The molecular weight excluding hydrogens is 240 g/mol. The van der Waals surface area contributed by atoms with Gasteiger partial charge in [0.25, 0.3) is 0 Å². The summed E-state index contributed by atoms with van der Waals surface area (Å²) in [5.74, 6) is -0.765. The van der Waals surface area contributed by atoms with Crippen molar-refractivity contribution >= 4 is 5.97 Å². The highest BCUT2D eigenvalue weighted by molar-refractivity contribution is 5.70. The van der Waals surface area contributed by atoms with Crippen molar-refractivity contribution in [3.63, 3.8) is 0 Å². The standard InChI is InChI=1S/C15H16N2O2/c1-12(15(2,10-16)11-17)8-14(18)19-9-13-6-4-3-5-7-13/h3-7,12H,8-9H2,1-2H3/t12-/m0/s1. The molecule has 0 heterocycles. The van der Waals surface area contributed by atoms with Crippen LogP contribution in [0.2, 0.25) is 0 Å². The molecule has 0 amide bonds. The Morgan fingerprint density at radius 1 is 1.32 bits per heavy atom. The van der Waals surface area contributed by atoms with E-state index in [-0.39, 0.29) is 18.9 Å². The molecule has 4 nitrogen and oxygen atoms in total. The molecule has 0 aliphatic heterocycles. The van der Waals surface area contributed by atoms with Crippen LogP contribution >= 0.6 is 0 Å². The number of hydrogen-bond donors (Lipinski definition) is 0. The zero-order valence-corrected chi connectivity index (χ0v) is 11.1. The van der Waals surface area contributed by atoms with Gasteiger partial charge in [0.15, 0.2) is 0 Å². The van der Waals surface area contributed by atoms with E-state index in [1.165, 1.54) is 6.92 Å². The molecular formula is C15H16N2O2. The van der Waals surface area contributed by atoms with Crippen LogP contribution in [-0.4, -0.2) is 5.97 Å². The van der Waals surface area contributed by atoms with Gasteiger partial charge in [-0.1, -0.05) is 37.3 Å². The molecule has 0 unspecified atom stereocenters. The van der Waals surface area contributed by atoms with E-state index in [1.807, 2.05) is 42.5 Å². The first-order valence-electron chi connectivity index (χ1n) is 6.04. The van der Waals surface area contributed by atoms with Crippen LogP contribution in [0.15, 0.2) is 30.3 Å². The van der Waals surface area contributed by atoms with Crippen molar-refractivity contribution in [2.45, 2.75) is 26.9 Å². The van der Waals surface area contributed by atoms with E-state index in [2.05, 4.69) is 0 Å². The maximum atomic E-state index is 11.7. The number of esters is 1. The van der Waals surface area contributed by atoms with Crippen molar-refractivity contribution in [2.24, 2.45) is 11.3 Å². The average molecular weight is 256 g/mol. The summed E-state index contributed by atoms with van der Waals surface area (Å²) in [5.41, 5.74) is -0.252. The first-order chi connectivity index (χ1) is 9.01. The number of ether oxygens (including phenoxy) is 1. The fourth-order valence-electron chi connectivity index (χ4n) is 1.50.